The Morgan fingerprint density at radius 2 is 1.42 bits per heavy atom. The van der Waals surface area contributed by atoms with Crippen molar-refractivity contribution in [2.45, 2.75) is 45.0 Å². The summed E-state index contributed by atoms with van der Waals surface area (Å²) >= 11 is 0. The molecule has 1 heterocycles. The van der Waals surface area contributed by atoms with E-state index in [1.165, 1.54) is 12.1 Å². The highest BCUT2D eigenvalue weighted by Gasteiger charge is 2.45. The predicted octanol–water partition coefficient (Wildman–Crippen LogP) is 7.81. The fourth-order valence-corrected chi connectivity index (χ4v) is 4.71. The van der Waals surface area contributed by atoms with Crippen LogP contribution in [-0.2, 0) is 9.47 Å². The van der Waals surface area contributed by atoms with Crippen LogP contribution < -0.4 is 9.47 Å². The molecule has 1 saturated heterocycles. The van der Waals surface area contributed by atoms with E-state index in [1.54, 1.807) is 36.4 Å². The largest absolute Gasteiger partial charge is 0.459 e. The van der Waals surface area contributed by atoms with Crippen LogP contribution in [0.3, 0.4) is 0 Å². The van der Waals surface area contributed by atoms with Crippen molar-refractivity contribution in [3.63, 3.8) is 0 Å². The maximum absolute atomic E-state index is 14.9. The van der Waals surface area contributed by atoms with Crippen LogP contribution in [0.5, 0.6) is 11.5 Å². The Morgan fingerprint density at radius 1 is 0.861 bits per heavy atom. The van der Waals surface area contributed by atoms with Crippen LogP contribution in [0.15, 0.2) is 73.0 Å². The Bertz CT molecular complexity index is 1020. The normalized spacial score (nSPS) is 24.9. The van der Waals surface area contributed by atoms with E-state index >= 15 is 0 Å². The van der Waals surface area contributed by atoms with Gasteiger partial charge in [-0.2, -0.15) is 17.6 Å². The number of rotatable bonds is 8. The Hall–Kier alpha value is -2.84. The fraction of sp³-hybridized carbons (Fsp3) is 0.429. The summed E-state index contributed by atoms with van der Waals surface area (Å²) in [5.41, 5.74) is 1.56. The van der Waals surface area contributed by atoms with Gasteiger partial charge in [0.25, 0.3) is 0 Å². The molecule has 0 spiro atoms. The third kappa shape index (κ3) is 6.89. The van der Waals surface area contributed by atoms with Gasteiger partial charge in [-0.05, 0) is 68.0 Å². The van der Waals surface area contributed by atoms with Gasteiger partial charge in [0.2, 0.25) is 0 Å². The van der Waals surface area contributed by atoms with E-state index in [9.17, 15) is 17.6 Å². The third-order valence-electron chi connectivity index (χ3n) is 6.63. The summed E-state index contributed by atoms with van der Waals surface area (Å²) in [6, 6.07) is 12.9. The summed E-state index contributed by atoms with van der Waals surface area (Å²) in [5, 5.41) is 0. The lowest BCUT2D eigenvalue weighted by Crippen LogP contribution is -2.41. The average molecular weight is 507 g/mol. The summed E-state index contributed by atoms with van der Waals surface area (Å²) in [6.45, 7) is 3.15. The van der Waals surface area contributed by atoms with Crippen molar-refractivity contribution in [2.75, 3.05) is 13.2 Å². The molecule has 2 fully saturated rings. The lowest BCUT2D eigenvalue weighted by Gasteiger charge is -2.38. The minimum Gasteiger partial charge on any atom is -0.459 e. The van der Waals surface area contributed by atoms with Crippen LogP contribution in [0.2, 0.25) is 0 Å². The zero-order valence-corrected chi connectivity index (χ0v) is 20.0. The summed E-state index contributed by atoms with van der Waals surface area (Å²) in [5.74, 6) is -0.158. The molecule has 2 aromatic carbocycles. The molecule has 1 aliphatic heterocycles. The van der Waals surface area contributed by atoms with Crippen molar-refractivity contribution in [3.8, 4) is 22.6 Å². The predicted molar refractivity (Wildman–Crippen MR) is 128 cm³/mol. The van der Waals surface area contributed by atoms with Gasteiger partial charge < -0.3 is 18.9 Å². The Balaban J connectivity index is 1.28. The first-order valence-electron chi connectivity index (χ1n) is 12.1. The molecule has 2 aliphatic rings. The second-order valence-electron chi connectivity index (χ2n) is 9.17. The van der Waals surface area contributed by atoms with Gasteiger partial charge in [0.05, 0.1) is 19.1 Å². The average Bonchev–Trinajstić information content (AvgIpc) is 2.89. The summed E-state index contributed by atoms with van der Waals surface area (Å²) in [6.07, 6.45) is 0.763. The number of alkyl halides is 2. The van der Waals surface area contributed by atoms with Crippen LogP contribution >= 0.6 is 0 Å². The Labute approximate surface area is 208 Å². The lowest BCUT2D eigenvalue weighted by molar-refractivity contribution is -0.244. The van der Waals surface area contributed by atoms with E-state index in [0.717, 1.165) is 11.1 Å². The number of allylic oxidation sites excluding steroid dienone is 1. The number of hydrogen-bond acceptors (Lipinski definition) is 4. The highest BCUT2D eigenvalue weighted by molar-refractivity contribution is 5.64. The molecule has 0 radical (unpaired) electrons. The van der Waals surface area contributed by atoms with Crippen molar-refractivity contribution in [3.05, 3.63) is 73.0 Å². The molecule has 4 rings (SSSR count). The minimum atomic E-state index is -3.28. The molecule has 2 aromatic rings. The molecule has 0 atom stereocenters. The molecule has 4 nitrogen and oxygen atoms in total. The smallest absolute Gasteiger partial charge is 0.400 e. The molecule has 194 valence electrons. The van der Waals surface area contributed by atoms with Crippen LogP contribution in [0.25, 0.3) is 11.1 Å². The number of hydrogen-bond donors (Lipinski definition) is 0. The Kier molecular flexibility index (Phi) is 8.69. The molecule has 0 aromatic heterocycles. The highest BCUT2D eigenvalue weighted by atomic mass is 19.3. The molecule has 36 heavy (non-hydrogen) atoms. The molecule has 8 heteroatoms. The van der Waals surface area contributed by atoms with Crippen molar-refractivity contribution >= 4 is 0 Å². The Morgan fingerprint density at radius 3 is 1.94 bits per heavy atom. The minimum absolute atomic E-state index is 0.0864. The molecule has 1 saturated carbocycles. The quantitative estimate of drug-likeness (QED) is 0.208. The first-order chi connectivity index (χ1) is 17.3. The van der Waals surface area contributed by atoms with Crippen LogP contribution in [0, 0.1) is 17.8 Å². The maximum Gasteiger partial charge on any atom is 0.400 e. The first-order valence-corrected chi connectivity index (χ1v) is 12.1. The van der Waals surface area contributed by atoms with Crippen molar-refractivity contribution in [2.24, 2.45) is 17.8 Å². The van der Waals surface area contributed by atoms with E-state index in [-0.39, 0.29) is 29.6 Å². The first kappa shape index (κ1) is 26.2. The zero-order valence-electron chi connectivity index (χ0n) is 20.0. The van der Waals surface area contributed by atoms with Gasteiger partial charge in [-0.25, -0.2) is 0 Å². The maximum atomic E-state index is 14.9. The van der Waals surface area contributed by atoms with Gasteiger partial charge >= 0.3 is 12.2 Å². The standard InChI is InChI=1S/C28H30F4O4/c1-2-3-19-16-34-27(35-17-19)22-4-10-23(11-5-22)28(31,32)36-25-14-8-21(9-15-25)20-6-12-24(13-7-20)33-18-26(29)30/h2-3,6-9,12-15,18-19,22-23,27H,4-5,10-11,16-17H2,1H3/b3-2+. The van der Waals surface area contributed by atoms with Crippen molar-refractivity contribution in [1.82, 2.24) is 0 Å². The summed E-state index contributed by atoms with van der Waals surface area (Å²) < 4.78 is 75.7. The highest BCUT2D eigenvalue weighted by Crippen LogP contribution is 2.42. The molecular formula is C28H30F4O4. The van der Waals surface area contributed by atoms with Gasteiger partial charge in [0.1, 0.15) is 11.5 Å². The number of ether oxygens (including phenoxy) is 4. The van der Waals surface area contributed by atoms with Crippen molar-refractivity contribution in [1.29, 1.82) is 0 Å². The second-order valence-corrected chi connectivity index (χ2v) is 9.17. The molecule has 0 N–H and O–H groups in total. The van der Waals surface area contributed by atoms with Gasteiger partial charge in [-0.1, -0.05) is 36.4 Å². The van der Waals surface area contributed by atoms with E-state index in [2.05, 4.69) is 6.08 Å². The second kappa shape index (κ2) is 11.9. The van der Waals surface area contributed by atoms with E-state index in [4.69, 9.17) is 18.9 Å². The van der Waals surface area contributed by atoms with Crippen molar-refractivity contribution < 1.29 is 36.5 Å². The van der Waals surface area contributed by atoms with Crippen LogP contribution in [0.1, 0.15) is 32.6 Å². The van der Waals surface area contributed by atoms with Gasteiger partial charge in [0, 0.05) is 11.8 Å². The lowest BCUT2D eigenvalue weighted by atomic mass is 9.80. The monoisotopic (exact) mass is 506 g/mol. The van der Waals surface area contributed by atoms with Gasteiger partial charge in [-0.3, -0.25) is 0 Å². The van der Waals surface area contributed by atoms with E-state index < -0.39 is 18.1 Å². The number of benzene rings is 2. The SMILES string of the molecule is C/C=C/C1COC(C2CCC(C(F)(F)Oc3ccc(-c4ccc(OC=C(F)F)cc4)cc3)CC2)OC1. The van der Waals surface area contributed by atoms with E-state index in [1.807, 2.05) is 13.0 Å². The fourth-order valence-electron chi connectivity index (χ4n) is 4.71. The van der Waals surface area contributed by atoms with E-state index in [0.29, 0.717) is 45.2 Å². The van der Waals surface area contributed by atoms with Gasteiger partial charge in [0.15, 0.2) is 12.6 Å². The molecule has 1 aliphatic carbocycles. The number of halogens is 4. The topological polar surface area (TPSA) is 36.9 Å². The zero-order chi connectivity index (χ0) is 25.5. The molecule has 0 bridgehead atoms. The molecular weight excluding hydrogens is 476 g/mol. The molecule has 0 amide bonds. The summed E-state index contributed by atoms with van der Waals surface area (Å²) in [4.78, 5) is 0. The van der Waals surface area contributed by atoms with Gasteiger partial charge in [-0.15, -0.1) is 0 Å². The van der Waals surface area contributed by atoms with Crippen LogP contribution in [0.4, 0.5) is 17.6 Å². The third-order valence-corrected chi connectivity index (χ3v) is 6.63. The van der Waals surface area contributed by atoms with Crippen LogP contribution in [-0.4, -0.2) is 25.6 Å². The summed E-state index contributed by atoms with van der Waals surface area (Å²) in [7, 11) is 0. The molecule has 0 unspecified atom stereocenters.